The number of carbonyl (C=O) groups excluding carboxylic acids is 1. The third-order valence-electron chi connectivity index (χ3n) is 2.77. The van der Waals surface area contributed by atoms with E-state index in [4.69, 9.17) is 4.42 Å². The van der Waals surface area contributed by atoms with Gasteiger partial charge in [0, 0.05) is 19.2 Å². The zero-order chi connectivity index (χ0) is 14.6. The van der Waals surface area contributed by atoms with Crippen molar-refractivity contribution < 1.29 is 17.6 Å². The third-order valence-corrected chi connectivity index (χ3v) is 3.92. The van der Waals surface area contributed by atoms with Crippen molar-refractivity contribution in [2.75, 3.05) is 12.8 Å². The lowest BCUT2D eigenvalue weighted by molar-refractivity contribution is 0.0950. The maximum absolute atomic E-state index is 12.0. The summed E-state index contributed by atoms with van der Waals surface area (Å²) in [5.74, 6) is 0.360. The summed E-state index contributed by atoms with van der Waals surface area (Å²) in [4.78, 5) is 12.1. The molecule has 0 saturated heterocycles. The minimum atomic E-state index is -3.43. The number of nitrogens with one attached hydrogen (secondary N) is 1. The Morgan fingerprint density at radius 1 is 1.20 bits per heavy atom. The molecule has 0 atom stereocenters. The van der Waals surface area contributed by atoms with Gasteiger partial charge in [-0.3, -0.25) is 4.79 Å². The Hall–Kier alpha value is -2.08. The summed E-state index contributed by atoms with van der Waals surface area (Å²) in [5, 5.41) is 2.69. The molecule has 1 aromatic heterocycles. The number of amides is 1. The fraction of sp³-hybridized carbons (Fsp3) is 0.214. The number of sulfone groups is 1. The van der Waals surface area contributed by atoms with Crippen LogP contribution in [0.4, 0.5) is 0 Å². The molecular formula is C14H15NO4S. The van der Waals surface area contributed by atoms with Gasteiger partial charge in [-0.15, -0.1) is 0 Å². The van der Waals surface area contributed by atoms with Gasteiger partial charge >= 0.3 is 0 Å². The summed E-state index contributed by atoms with van der Waals surface area (Å²) in [5.41, 5.74) is 0.162. The van der Waals surface area contributed by atoms with E-state index in [9.17, 15) is 13.2 Å². The smallest absolute Gasteiger partial charge is 0.252 e. The molecule has 0 bridgehead atoms. The molecular weight excluding hydrogens is 278 g/mol. The second kappa shape index (κ2) is 5.92. The maximum Gasteiger partial charge on any atom is 0.252 e. The van der Waals surface area contributed by atoms with E-state index < -0.39 is 15.7 Å². The zero-order valence-corrected chi connectivity index (χ0v) is 11.8. The average Bonchev–Trinajstić information content (AvgIpc) is 2.91. The lowest BCUT2D eigenvalue weighted by Gasteiger charge is -2.08. The summed E-state index contributed by atoms with van der Waals surface area (Å²) in [6.07, 6.45) is 3.21. The van der Waals surface area contributed by atoms with Gasteiger partial charge in [-0.05, 0) is 24.3 Å². The number of hydrogen-bond acceptors (Lipinski definition) is 4. The van der Waals surface area contributed by atoms with Gasteiger partial charge in [-0.25, -0.2) is 8.42 Å². The first kappa shape index (κ1) is 14.3. The van der Waals surface area contributed by atoms with Crippen LogP contribution in [0.15, 0.2) is 52.0 Å². The highest BCUT2D eigenvalue weighted by molar-refractivity contribution is 7.90. The molecule has 2 rings (SSSR count). The highest BCUT2D eigenvalue weighted by Crippen LogP contribution is 2.15. The molecule has 1 aromatic carbocycles. The van der Waals surface area contributed by atoms with E-state index in [-0.39, 0.29) is 10.5 Å². The molecule has 0 aliphatic rings. The number of benzene rings is 1. The standard InChI is InChI=1S/C14H15NO4S/c1-20(17,18)13-7-3-2-6-12(13)14(16)15-9-8-11-5-4-10-19-11/h2-7,10H,8-9H2,1H3,(H,15,16). The first-order chi connectivity index (χ1) is 9.48. The molecule has 1 heterocycles. The molecule has 1 amide bonds. The van der Waals surface area contributed by atoms with Crippen LogP contribution >= 0.6 is 0 Å². The van der Waals surface area contributed by atoms with Crippen LogP contribution in [-0.2, 0) is 16.3 Å². The van der Waals surface area contributed by atoms with Crippen molar-refractivity contribution in [2.45, 2.75) is 11.3 Å². The van der Waals surface area contributed by atoms with Crippen molar-refractivity contribution in [3.8, 4) is 0 Å². The topological polar surface area (TPSA) is 76.4 Å². The fourth-order valence-electron chi connectivity index (χ4n) is 1.83. The minimum absolute atomic E-state index is 0.0375. The second-order valence-electron chi connectivity index (χ2n) is 4.35. The summed E-state index contributed by atoms with van der Waals surface area (Å²) in [7, 11) is -3.43. The van der Waals surface area contributed by atoms with Crippen molar-refractivity contribution in [1.29, 1.82) is 0 Å². The number of carbonyl (C=O) groups is 1. The van der Waals surface area contributed by atoms with E-state index in [0.717, 1.165) is 12.0 Å². The van der Waals surface area contributed by atoms with Crippen LogP contribution in [0.5, 0.6) is 0 Å². The molecule has 0 spiro atoms. The van der Waals surface area contributed by atoms with E-state index in [0.29, 0.717) is 13.0 Å². The largest absolute Gasteiger partial charge is 0.469 e. The molecule has 6 heteroatoms. The maximum atomic E-state index is 12.0. The molecule has 2 aromatic rings. The van der Waals surface area contributed by atoms with Crippen LogP contribution in [0.2, 0.25) is 0 Å². The minimum Gasteiger partial charge on any atom is -0.469 e. The Bertz CT molecular complexity index is 690. The van der Waals surface area contributed by atoms with Gasteiger partial charge in [0.1, 0.15) is 5.76 Å². The quantitative estimate of drug-likeness (QED) is 0.909. The Morgan fingerprint density at radius 3 is 2.60 bits per heavy atom. The van der Waals surface area contributed by atoms with Crippen molar-refractivity contribution in [3.63, 3.8) is 0 Å². The first-order valence-corrected chi connectivity index (χ1v) is 7.97. The van der Waals surface area contributed by atoms with E-state index in [1.807, 2.05) is 6.07 Å². The van der Waals surface area contributed by atoms with E-state index in [1.54, 1.807) is 24.5 Å². The molecule has 5 nitrogen and oxygen atoms in total. The Labute approximate surface area is 117 Å². The van der Waals surface area contributed by atoms with E-state index in [1.165, 1.54) is 12.1 Å². The number of hydrogen-bond donors (Lipinski definition) is 1. The van der Waals surface area contributed by atoms with Crippen LogP contribution in [-0.4, -0.2) is 27.1 Å². The molecule has 0 aliphatic heterocycles. The van der Waals surface area contributed by atoms with Gasteiger partial charge in [-0.1, -0.05) is 12.1 Å². The number of rotatable bonds is 5. The monoisotopic (exact) mass is 293 g/mol. The molecule has 0 aliphatic carbocycles. The molecule has 0 unspecified atom stereocenters. The van der Waals surface area contributed by atoms with Gasteiger partial charge in [0.25, 0.3) is 5.91 Å². The van der Waals surface area contributed by atoms with Crippen molar-refractivity contribution >= 4 is 15.7 Å². The zero-order valence-electron chi connectivity index (χ0n) is 11.0. The van der Waals surface area contributed by atoms with E-state index >= 15 is 0 Å². The SMILES string of the molecule is CS(=O)(=O)c1ccccc1C(=O)NCCc1ccco1. The molecule has 20 heavy (non-hydrogen) atoms. The lowest BCUT2D eigenvalue weighted by atomic mass is 10.2. The third kappa shape index (κ3) is 3.48. The fourth-order valence-corrected chi connectivity index (χ4v) is 2.71. The summed E-state index contributed by atoms with van der Waals surface area (Å²) in [6, 6.07) is 9.74. The van der Waals surface area contributed by atoms with Crippen LogP contribution in [0.3, 0.4) is 0 Å². The first-order valence-electron chi connectivity index (χ1n) is 6.08. The Morgan fingerprint density at radius 2 is 1.95 bits per heavy atom. The summed E-state index contributed by atoms with van der Waals surface area (Å²) >= 11 is 0. The molecule has 0 saturated carbocycles. The van der Waals surface area contributed by atoms with Crippen LogP contribution in [0.25, 0.3) is 0 Å². The van der Waals surface area contributed by atoms with E-state index in [2.05, 4.69) is 5.32 Å². The number of furan rings is 1. The average molecular weight is 293 g/mol. The van der Waals surface area contributed by atoms with Crippen molar-refractivity contribution in [1.82, 2.24) is 5.32 Å². The summed E-state index contributed by atoms with van der Waals surface area (Å²) in [6.45, 7) is 0.379. The predicted octanol–water partition coefficient (Wildman–Crippen LogP) is 1.66. The molecule has 0 radical (unpaired) electrons. The predicted molar refractivity (Wildman–Crippen MR) is 74.3 cm³/mol. The van der Waals surface area contributed by atoms with Gasteiger partial charge in [0.2, 0.25) is 0 Å². The highest BCUT2D eigenvalue weighted by atomic mass is 32.2. The van der Waals surface area contributed by atoms with Gasteiger partial charge < -0.3 is 9.73 Å². The Balaban J connectivity index is 2.06. The molecule has 1 N–H and O–H groups in total. The lowest BCUT2D eigenvalue weighted by Crippen LogP contribution is -2.27. The highest BCUT2D eigenvalue weighted by Gasteiger charge is 2.17. The molecule has 106 valence electrons. The van der Waals surface area contributed by atoms with Gasteiger partial charge in [-0.2, -0.15) is 0 Å². The van der Waals surface area contributed by atoms with Crippen LogP contribution in [0, 0.1) is 0 Å². The Kier molecular flexibility index (Phi) is 4.24. The van der Waals surface area contributed by atoms with Gasteiger partial charge in [0.05, 0.1) is 16.7 Å². The second-order valence-corrected chi connectivity index (χ2v) is 6.34. The van der Waals surface area contributed by atoms with Crippen LogP contribution in [0.1, 0.15) is 16.1 Å². The van der Waals surface area contributed by atoms with Gasteiger partial charge in [0.15, 0.2) is 9.84 Å². The van der Waals surface area contributed by atoms with Crippen molar-refractivity contribution in [2.24, 2.45) is 0 Å². The summed E-state index contributed by atoms with van der Waals surface area (Å²) < 4.78 is 28.4. The normalized spacial score (nSPS) is 11.2. The van der Waals surface area contributed by atoms with Crippen molar-refractivity contribution in [3.05, 3.63) is 54.0 Å². The van der Waals surface area contributed by atoms with Crippen LogP contribution < -0.4 is 5.32 Å². The molecule has 0 fully saturated rings.